The van der Waals surface area contributed by atoms with Gasteiger partial charge in [-0.25, -0.2) is 0 Å². The van der Waals surface area contributed by atoms with E-state index in [1.807, 2.05) is 0 Å². The standard InChI is InChI=1S/C12H23N3O2S.ClH/c13-8-10-3-5-14(6-4-10)18(16,17)15-9-11-1-2-12(15)7-11;/h10-12H,1-9,13H2;1H. The van der Waals surface area contributed by atoms with Crippen molar-refractivity contribution in [3.05, 3.63) is 0 Å². The molecule has 2 atom stereocenters. The summed E-state index contributed by atoms with van der Waals surface area (Å²) in [5, 5.41) is 0. The van der Waals surface area contributed by atoms with E-state index < -0.39 is 10.2 Å². The van der Waals surface area contributed by atoms with Crippen molar-refractivity contribution in [3.8, 4) is 0 Å². The first-order chi connectivity index (χ1) is 8.61. The lowest BCUT2D eigenvalue weighted by atomic mass is 9.99. The van der Waals surface area contributed by atoms with Crippen LogP contribution in [0.4, 0.5) is 0 Å². The van der Waals surface area contributed by atoms with E-state index in [0.717, 1.165) is 32.2 Å². The van der Waals surface area contributed by atoms with E-state index >= 15 is 0 Å². The molecule has 0 aromatic rings. The maximum atomic E-state index is 12.6. The van der Waals surface area contributed by atoms with Gasteiger partial charge < -0.3 is 5.73 Å². The molecule has 3 fully saturated rings. The molecule has 3 aliphatic rings. The van der Waals surface area contributed by atoms with E-state index in [9.17, 15) is 8.42 Å². The smallest absolute Gasteiger partial charge is 0.282 e. The molecular formula is C12H24ClN3O2S. The van der Waals surface area contributed by atoms with E-state index in [-0.39, 0.29) is 18.4 Å². The van der Waals surface area contributed by atoms with E-state index in [1.54, 1.807) is 8.61 Å². The molecule has 2 heterocycles. The van der Waals surface area contributed by atoms with Gasteiger partial charge in [-0.2, -0.15) is 17.0 Å². The highest BCUT2D eigenvalue weighted by molar-refractivity contribution is 7.86. The van der Waals surface area contributed by atoms with Crippen LogP contribution in [0.25, 0.3) is 0 Å². The second kappa shape index (κ2) is 5.85. The van der Waals surface area contributed by atoms with Gasteiger partial charge >= 0.3 is 0 Å². The van der Waals surface area contributed by atoms with Crippen LogP contribution >= 0.6 is 12.4 Å². The fourth-order valence-corrected chi connectivity index (χ4v) is 5.62. The molecule has 19 heavy (non-hydrogen) atoms. The Kier molecular flexibility index (Phi) is 4.78. The van der Waals surface area contributed by atoms with Crippen molar-refractivity contribution in [2.24, 2.45) is 17.6 Å². The minimum Gasteiger partial charge on any atom is -0.330 e. The van der Waals surface area contributed by atoms with Crippen LogP contribution in [-0.4, -0.2) is 49.2 Å². The minimum atomic E-state index is -3.20. The van der Waals surface area contributed by atoms with Crippen molar-refractivity contribution in [3.63, 3.8) is 0 Å². The minimum absolute atomic E-state index is 0. The van der Waals surface area contributed by atoms with Crippen LogP contribution in [0.1, 0.15) is 32.1 Å². The van der Waals surface area contributed by atoms with Crippen molar-refractivity contribution >= 4 is 22.6 Å². The highest BCUT2D eigenvalue weighted by Gasteiger charge is 2.46. The molecule has 2 unspecified atom stereocenters. The predicted molar refractivity (Wildman–Crippen MR) is 77.4 cm³/mol. The Hall–Kier alpha value is 0.120. The molecule has 0 aromatic carbocycles. The van der Waals surface area contributed by atoms with Gasteiger partial charge in [-0.05, 0) is 50.5 Å². The average molecular weight is 310 g/mol. The maximum Gasteiger partial charge on any atom is 0.282 e. The summed E-state index contributed by atoms with van der Waals surface area (Å²) in [5.74, 6) is 1.12. The number of nitrogens with zero attached hydrogens (tertiary/aromatic N) is 2. The summed E-state index contributed by atoms with van der Waals surface area (Å²) in [6, 6.07) is 0.284. The van der Waals surface area contributed by atoms with Gasteiger partial charge in [0.25, 0.3) is 10.2 Å². The fourth-order valence-electron chi connectivity index (χ4n) is 3.69. The van der Waals surface area contributed by atoms with Gasteiger partial charge in [0.15, 0.2) is 0 Å². The van der Waals surface area contributed by atoms with E-state index in [2.05, 4.69) is 0 Å². The molecule has 2 saturated heterocycles. The Morgan fingerprint density at radius 1 is 1.11 bits per heavy atom. The molecular weight excluding hydrogens is 286 g/mol. The molecule has 0 radical (unpaired) electrons. The number of nitrogens with two attached hydrogens (primary N) is 1. The van der Waals surface area contributed by atoms with Crippen molar-refractivity contribution in [2.75, 3.05) is 26.2 Å². The quantitative estimate of drug-likeness (QED) is 0.839. The highest BCUT2D eigenvalue weighted by atomic mass is 35.5. The van der Waals surface area contributed by atoms with Crippen LogP contribution in [0.15, 0.2) is 0 Å². The van der Waals surface area contributed by atoms with Gasteiger partial charge in [-0.3, -0.25) is 0 Å². The van der Waals surface area contributed by atoms with Gasteiger partial charge in [0.05, 0.1) is 0 Å². The number of hydrogen-bond donors (Lipinski definition) is 1. The molecule has 7 heteroatoms. The van der Waals surface area contributed by atoms with Crippen LogP contribution in [0, 0.1) is 11.8 Å². The van der Waals surface area contributed by atoms with E-state index in [1.165, 1.54) is 6.42 Å². The summed E-state index contributed by atoms with van der Waals surface area (Å²) in [4.78, 5) is 0. The molecule has 1 aliphatic carbocycles. The predicted octanol–water partition coefficient (Wildman–Crippen LogP) is 0.808. The number of halogens is 1. The molecule has 2 N–H and O–H groups in total. The Morgan fingerprint density at radius 3 is 2.26 bits per heavy atom. The second-order valence-electron chi connectivity index (χ2n) is 5.99. The second-order valence-corrected chi connectivity index (χ2v) is 7.87. The highest BCUT2D eigenvalue weighted by Crippen LogP contribution is 2.40. The van der Waals surface area contributed by atoms with Crippen molar-refractivity contribution in [1.82, 2.24) is 8.61 Å². The van der Waals surface area contributed by atoms with Crippen LogP contribution in [0.5, 0.6) is 0 Å². The molecule has 3 rings (SSSR count). The van der Waals surface area contributed by atoms with Crippen LogP contribution in [-0.2, 0) is 10.2 Å². The van der Waals surface area contributed by atoms with Crippen molar-refractivity contribution < 1.29 is 8.42 Å². The summed E-state index contributed by atoms with van der Waals surface area (Å²) in [5.41, 5.74) is 5.65. The topological polar surface area (TPSA) is 66.6 Å². The van der Waals surface area contributed by atoms with Gasteiger partial charge in [-0.1, -0.05) is 0 Å². The third kappa shape index (κ3) is 2.78. The molecule has 2 bridgehead atoms. The lowest BCUT2D eigenvalue weighted by Gasteiger charge is -2.36. The molecule has 1 saturated carbocycles. The van der Waals surface area contributed by atoms with Crippen molar-refractivity contribution in [1.29, 1.82) is 0 Å². The first-order valence-electron chi connectivity index (χ1n) is 7.08. The Balaban J connectivity index is 0.00000133. The lowest BCUT2D eigenvalue weighted by Crippen LogP contribution is -2.50. The SMILES string of the molecule is Cl.NCC1CCN(S(=O)(=O)N2CC3CCC2C3)CC1. The Labute approximate surface area is 122 Å². The largest absolute Gasteiger partial charge is 0.330 e. The van der Waals surface area contributed by atoms with Crippen molar-refractivity contribution in [2.45, 2.75) is 38.1 Å². The zero-order chi connectivity index (χ0) is 12.8. The summed E-state index contributed by atoms with van der Waals surface area (Å²) >= 11 is 0. The van der Waals surface area contributed by atoms with E-state index in [0.29, 0.717) is 31.5 Å². The maximum absolute atomic E-state index is 12.6. The number of fused-ring (bicyclic) bond motifs is 2. The summed E-state index contributed by atoms with van der Waals surface area (Å²) in [7, 11) is -3.20. The van der Waals surface area contributed by atoms with Crippen LogP contribution < -0.4 is 5.73 Å². The Bertz CT molecular complexity index is 409. The molecule has 112 valence electrons. The van der Waals surface area contributed by atoms with Gasteiger partial charge in [0.2, 0.25) is 0 Å². The lowest BCUT2D eigenvalue weighted by molar-refractivity contribution is 0.244. The molecule has 0 spiro atoms. The first kappa shape index (κ1) is 15.5. The van der Waals surface area contributed by atoms with E-state index in [4.69, 9.17) is 5.73 Å². The number of hydrogen-bond acceptors (Lipinski definition) is 3. The summed E-state index contributed by atoms with van der Waals surface area (Å²) in [6.45, 7) is 2.74. The fraction of sp³-hybridized carbons (Fsp3) is 1.00. The normalized spacial score (nSPS) is 33.5. The zero-order valence-corrected chi connectivity index (χ0v) is 12.8. The number of piperidine rings is 2. The number of rotatable bonds is 3. The van der Waals surface area contributed by atoms with Gasteiger partial charge in [-0.15, -0.1) is 12.4 Å². The summed E-state index contributed by atoms with van der Waals surface area (Å²) < 4.78 is 28.6. The molecule has 5 nitrogen and oxygen atoms in total. The van der Waals surface area contributed by atoms with Crippen LogP contribution in [0.3, 0.4) is 0 Å². The zero-order valence-electron chi connectivity index (χ0n) is 11.2. The third-order valence-electron chi connectivity index (χ3n) is 4.89. The van der Waals surface area contributed by atoms with Gasteiger partial charge in [0, 0.05) is 25.7 Å². The van der Waals surface area contributed by atoms with Crippen LogP contribution in [0.2, 0.25) is 0 Å². The Morgan fingerprint density at radius 2 is 1.79 bits per heavy atom. The average Bonchev–Trinajstić information content (AvgIpc) is 3.01. The van der Waals surface area contributed by atoms with Gasteiger partial charge in [0.1, 0.15) is 0 Å². The molecule has 2 aliphatic heterocycles. The summed E-state index contributed by atoms with van der Waals surface area (Å²) in [6.07, 6.45) is 5.18. The monoisotopic (exact) mass is 309 g/mol. The first-order valence-corrected chi connectivity index (χ1v) is 8.48. The third-order valence-corrected chi connectivity index (χ3v) is 6.95. The molecule has 0 amide bonds. The molecule has 0 aromatic heterocycles.